The molecule has 1 aliphatic heterocycles. The Bertz CT molecular complexity index is 669. The maximum Gasteiger partial charge on any atom is 0.418 e. The summed E-state index contributed by atoms with van der Waals surface area (Å²) in [4.78, 5) is 39.0. The molecule has 1 heterocycles. The van der Waals surface area contributed by atoms with Gasteiger partial charge in [-0.3, -0.25) is 9.59 Å². The summed E-state index contributed by atoms with van der Waals surface area (Å²) < 4.78 is 10.2. The van der Waals surface area contributed by atoms with Gasteiger partial charge in [-0.15, -0.1) is 0 Å². The number of ether oxygens (including phenoxy) is 2. The number of hydrogen-bond acceptors (Lipinski definition) is 5. The van der Waals surface area contributed by atoms with Crippen molar-refractivity contribution in [3.8, 4) is 5.75 Å². The number of hydrogen-bond donors (Lipinski definition) is 0. The van der Waals surface area contributed by atoms with E-state index in [-0.39, 0.29) is 18.5 Å². The lowest BCUT2D eigenvalue weighted by Gasteiger charge is -2.29. The van der Waals surface area contributed by atoms with Gasteiger partial charge in [-0.2, -0.15) is 0 Å². The van der Waals surface area contributed by atoms with Gasteiger partial charge in [0, 0.05) is 7.05 Å². The van der Waals surface area contributed by atoms with E-state index in [2.05, 4.69) is 0 Å². The Kier molecular flexibility index (Phi) is 5.35. The third kappa shape index (κ3) is 3.75. The summed E-state index contributed by atoms with van der Waals surface area (Å²) in [6.07, 6.45) is -0.0902. The molecule has 7 heteroatoms. The summed E-state index contributed by atoms with van der Waals surface area (Å²) in [7, 11) is 3.26. The second-order valence-electron chi connectivity index (χ2n) is 6.47. The molecule has 0 spiro atoms. The van der Waals surface area contributed by atoms with Gasteiger partial charge in [-0.05, 0) is 38.0 Å². The molecule has 1 aromatic carbocycles. The van der Waals surface area contributed by atoms with Gasteiger partial charge in [-0.25, -0.2) is 9.69 Å². The average molecular weight is 348 g/mol. The third-order valence-corrected chi connectivity index (χ3v) is 4.36. The second-order valence-corrected chi connectivity index (χ2v) is 6.47. The van der Waals surface area contributed by atoms with E-state index in [1.54, 1.807) is 19.1 Å². The van der Waals surface area contributed by atoms with Crippen LogP contribution in [0.2, 0.25) is 0 Å². The van der Waals surface area contributed by atoms with Crippen molar-refractivity contribution in [2.45, 2.75) is 38.8 Å². The second kappa shape index (κ2) is 7.13. The molecule has 1 aliphatic rings. The van der Waals surface area contributed by atoms with E-state index in [1.807, 2.05) is 31.2 Å². The van der Waals surface area contributed by atoms with Gasteiger partial charge in [0.05, 0.1) is 13.2 Å². The fourth-order valence-electron chi connectivity index (χ4n) is 2.84. The predicted molar refractivity (Wildman–Crippen MR) is 91.1 cm³/mol. The number of likely N-dealkylation sites (N-methyl/N-ethyl adjacent to an activating group) is 1. The molecule has 0 radical (unpaired) electrons. The van der Waals surface area contributed by atoms with Crippen LogP contribution >= 0.6 is 0 Å². The first-order valence-electron chi connectivity index (χ1n) is 8.15. The highest BCUT2D eigenvalue weighted by Crippen LogP contribution is 2.27. The number of benzene rings is 1. The molecule has 0 saturated carbocycles. The van der Waals surface area contributed by atoms with Crippen molar-refractivity contribution in [1.82, 2.24) is 9.80 Å². The van der Waals surface area contributed by atoms with Gasteiger partial charge >= 0.3 is 6.09 Å². The van der Waals surface area contributed by atoms with Gasteiger partial charge < -0.3 is 14.4 Å². The highest BCUT2D eigenvalue weighted by Gasteiger charge is 2.48. The van der Waals surface area contributed by atoms with Crippen LogP contribution in [0.15, 0.2) is 24.3 Å². The fourth-order valence-corrected chi connectivity index (χ4v) is 2.84. The van der Waals surface area contributed by atoms with Crippen LogP contribution in [0.3, 0.4) is 0 Å². The minimum Gasteiger partial charge on any atom is -0.497 e. The van der Waals surface area contributed by atoms with Gasteiger partial charge in [0.15, 0.2) is 5.60 Å². The number of imide groups is 1. The summed E-state index contributed by atoms with van der Waals surface area (Å²) in [5.41, 5.74) is -0.273. The van der Waals surface area contributed by atoms with Crippen molar-refractivity contribution in [3.63, 3.8) is 0 Å². The van der Waals surface area contributed by atoms with E-state index >= 15 is 0 Å². The quantitative estimate of drug-likeness (QED) is 0.789. The minimum atomic E-state index is -1.23. The smallest absolute Gasteiger partial charge is 0.418 e. The molecule has 3 amide bonds. The van der Waals surface area contributed by atoms with Crippen molar-refractivity contribution >= 4 is 17.9 Å². The molecule has 0 aliphatic carbocycles. The molecule has 2 rings (SSSR count). The monoisotopic (exact) mass is 348 g/mol. The number of amides is 3. The van der Waals surface area contributed by atoms with Crippen LogP contribution in [-0.2, 0) is 14.3 Å². The van der Waals surface area contributed by atoms with Gasteiger partial charge in [0.25, 0.3) is 5.91 Å². The molecule has 0 N–H and O–H groups in total. The molecule has 0 bridgehead atoms. The van der Waals surface area contributed by atoms with E-state index in [1.165, 1.54) is 13.8 Å². The highest BCUT2D eigenvalue weighted by molar-refractivity contribution is 6.04. The first-order chi connectivity index (χ1) is 11.7. The highest BCUT2D eigenvalue weighted by atomic mass is 16.6. The first kappa shape index (κ1) is 18.8. The molecular weight excluding hydrogens is 324 g/mol. The Balaban J connectivity index is 2.11. The van der Waals surface area contributed by atoms with Crippen LogP contribution in [0.25, 0.3) is 0 Å². The average Bonchev–Trinajstić information content (AvgIpc) is 2.77. The fraction of sp³-hybridized carbons (Fsp3) is 0.500. The summed E-state index contributed by atoms with van der Waals surface area (Å²) >= 11 is 0. The molecule has 7 nitrogen and oxygen atoms in total. The number of carbonyl (C=O) groups is 3. The van der Waals surface area contributed by atoms with Crippen molar-refractivity contribution < 1.29 is 23.9 Å². The van der Waals surface area contributed by atoms with E-state index in [0.29, 0.717) is 6.42 Å². The lowest BCUT2D eigenvalue weighted by atomic mass is 10.0. The van der Waals surface area contributed by atoms with E-state index in [4.69, 9.17) is 9.47 Å². The standard InChI is InChI=1S/C18H24N2O5/c1-6-14(12-7-9-13(24-5)10-8-12)19(4)15(21)11-20-16(22)18(2,3)25-17(20)23/h7-10,14H,6,11H2,1-5H3/t14-/m0/s1. The van der Waals surface area contributed by atoms with Crippen LogP contribution in [0, 0.1) is 0 Å². The molecule has 0 aromatic heterocycles. The van der Waals surface area contributed by atoms with E-state index in [0.717, 1.165) is 16.2 Å². The molecule has 1 saturated heterocycles. The van der Waals surface area contributed by atoms with Gasteiger partial charge in [0.1, 0.15) is 12.3 Å². The largest absolute Gasteiger partial charge is 0.497 e. The number of rotatable bonds is 6. The normalized spacial score (nSPS) is 17.2. The number of nitrogens with zero attached hydrogens (tertiary/aromatic N) is 2. The molecule has 0 unspecified atom stereocenters. The zero-order valence-corrected chi connectivity index (χ0v) is 15.2. The van der Waals surface area contributed by atoms with Crippen LogP contribution in [0.5, 0.6) is 5.75 Å². The van der Waals surface area contributed by atoms with Crippen molar-refractivity contribution in [2.24, 2.45) is 0 Å². The molecular formula is C18H24N2O5. The summed E-state index contributed by atoms with van der Waals surface area (Å²) in [5, 5.41) is 0. The van der Waals surface area contributed by atoms with Crippen LogP contribution in [0.1, 0.15) is 38.8 Å². The summed E-state index contributed by atoms with van der Waals surface area (Å²) in [5.74, 6) is -0.0948. The zero-order chi connectivity index (χ0) is 18.8. The van der Waals surface area contributed by atoms with Crippen LogP contribution < -0.4 is 4.74 Å². The summed E-state index contributed by atoms with van der Waals surface area (Å²) in [6, 6.07) is 7.30. The molecule has 1 atom stereocenters. The van der Waals surface area contributed by atoms with Crippen LogP contribution in [-0.4, -0.2) is 54.0 Å². The number of methoxy groups -OCH3 is 1. The van der Waals surface area contributed by atoms with E-state index in [9.17, 15) is 14.4 Å². The first-order valence-corrected chi connectivity index (χ1v) is 8.15. The minimum absolute atomic E-state index is 0.167. The molecule has 1 fully saturated rings. The molecule has 1 aromatic rings. The van der Waals surface area contributed by atoms with Gasteiger partial charge in [0.2, 0.25) is 5.91 Å². The number of cyclic esters (lactones) is 1. The third-order valence-electron chi connectivity index (χ3n) is 4.36. The Morgan fingerprint density at radius 1 is 1.28 bits per heavy atom. The van der Waals surface area contributed by atoms with E-state index < -0.39 is 17.6 Å². The number of carbonyl (C=O) groups excluding carboxylic acids is 3. The van der Waals surface area contributed by atoms with Crippen molar-refractivity contribution in [3.05, 3.63) is 29.8 Å². The maximum atomic E-state index is 12.6. The molecule has 25 heavy (non-hydrogen) atoms. The Hall–Kier alpha value is -2.57. The SMILES string of the molecule is CC[C@@H](c1ccc(OC)cc1)N(C)C(=O)CN1C(=O)OC(C)(C)C1=O. The topological polar surface area (TPSA) is 76.2 Å². The van der Waals surface area contributed by atoms with Crippen molar-refractivity contribution in [1.29, 1.82) is 0 Å². The Labute approximate surface area is 147 Å². The van der Waals surface area contributed by atoms with Crippen LogP contribution in [0.4, 0.5) is 4.79 Å². The Morgan fingerprint density at radius 2 is 1.88 bits per heavy atom. The lowest BCUT2D eigenvalue weighted by Crippen LogP contribution is -2.44. The predicted octanol–water partition coefficient (Wildman–Crippen LogP) is 2.36. The van der Waals surface area contributed by atoms with Crippen molar-refractivity contribution in [2.75, 3.05) is 20.7 Å². The maximum absolute atomic E-state index is 12.6. The summed E-state index contributed by atoms with van der Waals surface area (Å²) in [6.45, 7) is 4.66. The zero-order valence-electron chi connectivity index (χ0n) is 15.2. The molecule has 136 valence electrons. The van der Waals surface area contributed by atoms with Gasteiger partial charge in [-0.1, -0.05) is 19.1 Å². The Morgan fingerprint density at radius 3 is 2.32 bits per heavy atom. The lowest BCUT2D eigenvalue weighted by molar-refractivity contribution is -0.140.